The summed E-state index contributed by atoms with van der Waals surface area (Å²) in [6, 6.07) is 3.12. The van der Waals surface area contributed by atoms with Crippen LogP contribution in [-0.4, -0.2) is 5.91 Å². The number of hydrogen-bond acceptors (Lipinski definition) is 1. The van der Waals surface area contributed by atoms with E-state index >= 15 is 0 Å². The van der Waals surface area contributed by atoms with Gasteiger partial charge in [0.2, 0.25) is 5.91 Å². The fraction of sp³-hybridized carbons (Fsp3) is 0.462. The summed E-state index contributed by atoms with van der Waals surface area (Å²) in [7, 11) is 0. The molecule has 2 rings (SSSR count). The SMILES string of the molecule is O=C(CC1CCCC1)Nc1cc(Cl)c(Cl)cc1Cl. The van der Waals surface area contributed by atoms with Gasteiger partial charge in [-0.15, -0.1) is 0 Å². The monoisotopic (exact) mass is 305 g/mol. The Kier molecular flexibility index (Phi) is 4.77. The molecule has 1 N–H and O–H groups in total. The molecule has 1 amide bonds. The largest absolute Gasteiger partial charge is 0.325 e. The smallest absolute Gasteiger partial charge is 0.224 e. The van der Waals surface area contributed by atoms with Crippen molar-refractivity contribution in [2.24, 2.45) is 5.92 Å². The van der Waals surface area contributed by atoms with E-state index in [2.05, 4.69) is 5.32 Å². The molecule has 1 aromatic rings. The standard InChI is InChI=1S/C13H14Cl3NO/c14-9-6-11(16)12(7-10(9)15)17-13(18)5-8-3-1-2-4-8/h6-8H,1-5H2,(H,17,18). The summed E-state index contributed by atoms with van der Waals surface area (Å²) in [6.07, 6.45) is 5.29. The van der Waals surface area contributed by atoms with Crippen LogP contribution in [0.15, 0.2) is 12.1 Å². The third kappa shape index (κ3) is 3.53. The van der Waals surface area contributed by atoms with Crippen LogP contribution in [0.2, 0.25) is 15.1 Å². The Morgan fingerprint density at radius 2 is 1.72 bits per heavy atom. The lowest BCUT2D eigenvalue weighted by molar-refractivity contribution is -0.117. The van der Waals surface area contributed by atoms with Gasteiger partial charge in [-0.1, -0.05) is 47.6 Å². The molecule has 5 heteroatoms. The van der Waals surface area contributed by atoms with Gasteiger partial charge >= 0.3 is 0 Å². The van der Waals surface area contributed by atoms with Crippen molar-refractivity contribution < 1.29 is 4.79 Å². The van der Waals surface area contributed by atoms with Gasteiger partial charge in [-0.2, -0.15) is 0 Å². The van der Waals surface area contributed by atoms with Gasteiger partial charge in [0.1, 0.15) is 0 Å². The van der Waals surface area contributed by atoms with Crippen molar-refractivity contribution in [3.05, 3.63) is 27.2 Å². The van der Waals surface area contributed by atoms with Gasteiger partial charge in [-0.05, 0) is 30.9 Å². The van der Waals surface area contributed by atoms with E-state index in [-0.39, 0.29) is 5.91 Å². The van der Waals surface area contributed by atoms with E-state index in [1.807, 2.05) is 0 Å². The fourth-order valence-electron chi connectivity index (χ4n) is 2.30. The van der Waals surface area contributed by atoms with Gasteiger partial charge < -0.3 is 5.32 Å². The third-order valence-electron chi connectivity index (χ3n) is 3.23. The highest BCUT2D eigenvalue weighted by Crippen LogP contribution is 2.33. The molecule has 1 fully saturated rings. The Bertz CT molecular complexity index is 456. The van der Waals surface area contributed by atoms with Crippen LogP contribution in [0.5, 0.6) is 0 Å². The quantitative estimate of drug-likeness (QED) is 0.767. The average Bonchev–Trinajstić information content (AvgIpc) is 2.78. The van der Waals surface area contributed by atoms with Crippen LogP contribution in [0.25, 0.3) is 0 Å². The Morgan fingerprint density at radius 3 is 2.39 bits per heavy atom. The molecule has 1 saturated carbocycles. The number of hydrogen-bond donors (Lipinski definition) is 1. The molecule has 0 saturated heterocycles. The van der Waals surface area contributed by atoms with E-state index < -0.39 is 0 Å². The summed E-state index contributed by atoms with van der Waals surface area (Å²) in [6.45, 7) is 0. The number of rotatable bonds is 3. The highest BCUT2D eigenvalue weighted by molar-refractivity contribution is 6.44. The second-order valence-electron chi connectivity index (χ2n) is 4.65. The minimum Gasteiger partial charge on any atom is -0.325 e. The van der Waals surface area contributed by atoms with Gasteiger partial charge in [-0.3, -0.25) is 4.79 Å². The molecular formula is C13H14Cl3NO. The number of benzene rings is 1. The molecule has 1 aromatic carbocycles. The van der Waals surface area contributed by atoms with Gasteiger partial charge in [0.25, 0.3) is 0 Å². The number of anilines is 1. The third-order valence-corrected chi connectivity index (χ3v) is 4.27. The van der Waals surface area contributed by atoms with E-state index in [1.165, 1.54) is 18.9 Å². The molecular weight excluding hydrogens is 293 g/mol. The van der Waals surface area contributed by atoms with E-state index in [0.29, 0.717) is 33.1 Å². The summed E-state index contributed by atoms with van der Waals surface area (Å²) < 4.78 is 0. The molecule has 0 heterocycles. The maximum Gasteiger partial charge on any atom is 0.224 e. The maximum atomic E-state index is 11.9. The van der Waals surface area contributed by atoms with Crippen LogP contribution >= 0.6 is 34.8 Å². The summed E-state index contributed by atoms with van der Waals surface area (Å²) in [4.78, 5) is 11.9. The van der Waals surface area contributed by atoms with Crippen LogP contribution in [0.1, 0.15) is 32.1 Å². The van der Waals surface area contributed by atoms with Crippen LogP contribution in [0.3, 0.4) is 0 Å². The Balaban J connectivity index is 2.00. The van der Waals surface area contributed by atoms with Crippen molar-refractivity contribution in [1.29, 1.82) is 0 Å². The van der Waals surface area contributed by atoms with E-state index in [4.69, 9.17) is 34.8 Å². The number of nitrogens with one attached hydrogen (secondary N) is 1. The predicted molar refractivity (Wildman–Crippen MR) is 76.7 cm³/mol. The van der Waals surface area contributed by atoms with Crippen molar-refractivity contribution in [2.75, 3.05) is 5.32 Å². The Hall–Kier alpha value is -0.440. The first-order chi connectivity index (χ1) is 8.56. The number of carbonyl (C=O) groups excluding carboxylic acids is 1. The lowest BCUT2D eigenvalue weighted by atomic mass is 10.0. The molecule has 2 nitrogen and oxygen atoms in total. The van der Waals surface area contributed by atoms with Crippen molar-refractivity contribution in [2.45, 2.75) is 32.1 Å². The van der Waals surface area contributed by atoms with Crippen LogP contribution < -0.4 is 5.32 Å². The average molecular weight is 307 g/mol. The first-order valence-corrected chi connectivity index (χ1v) is 7.14. The summed E-state index contributed by atoms with van der Waals surface area (Å²) in [5.74, 6) is 0.494. The summed E-state index contributed by atoms with van der Waals surface area (Å²) >= 11 is 17.7. The number of halogens is 3. The highest BCUT2D eigenvalue weighted by atomic mass is 35.5. The van der Waals surface area contributed by atoms with E-state index in [1.54, 1.807) is 6.07 Å². The molecule has 0 radical (unpaired) electrons. The van der Waals surface area contributed by atoms with Crippen molar-refractivity contribution in [3.8, 4) is 0 Å². The van der Waals surface area contributed by atoms with Crippen LogP contribution in [0.4, 0.5) is 5.69 Å². The zero-order valence-electron chi connectivity index (χ0n) is 9.81. The maximum absolute atomic E-state index is 11.9. The predicted octanol–water partition coefficient (Wildman–Crippen LogP) is 5.17. The fourth-order valence-corrected chi connectivity index (χ4v) is 2.89. The lowest BCUT2D eigenvalue weighted by Crippen LogP contribution is -2.15. The van der Waals surface area contributed by atoms with Crippen molar-refractivity contribution in [3.63, 3.8) is 0 Å². The molecule has 98 valence electrons. The van der Waals surface area contributed by atoms with Crippen molar-refractivity contribution in [1.82, 2.24) is 0 Å². The molecule has 0 bridgehead atoms. The highest BCUT2D eigenvalue weighted by Gasteiger charge is 2.19. The molecule has 0 unspecified atom stereocenters. The zero-order chi connectivity index (χ0) is 13.1. The van der Waals surface area contributed by atoms with Crippen LogP contribution in [-0.2, 0) is 4.79 Å². The normalized spacial score (nSPS) is 15.9. The Morgan fingerprint density at radius 1 is 1.11 bits per heavy atom. The number of carbonyl (C=O) groups is 1. The summed E-state index contributed by atoms with van der Waals surface area (Å²) in [5, 5.41) is 3.97. The molecule has 0 spiro atoms. The molecule has 18 heavy (non-hydrogen) atoms. The number of amides is 1. The molecule has 0 atom stereocenters. The topological polar surface area (TPSA) is 29.1 Å². The molecule has 1 aliphatic rings. The Labute approximate surface area is 122 Å². The first-order valence-electron chi connectivity index (χ1n) is 6.00. The molecule has 1 aliphatic carbocycles. The van der Waals surface area contributed by atoms with Crippen LogP contribution in [0, 0.1) is 5.92 Å². The van der Waals surface area contributed by atoms with Crippen molar-refractivity contribution >= 4 is 46.4 Å². The van der Waals surface area contributed by atoms with Gasteiger partial charge in [-0.25, -0.2) is 0 Å². The van der Waals surface area contributed by atoms with E-state index in [0.717, 1.165) is 12.8 Å². The minimum atomic E-state index is -0.0119. The second-order valence-corrected chi connectivity index (χ2v) is 5.87. The lowest BCUT2D eigenvalue weighted by Gasteiger charge is -2.11. The summed E-state index contributed by atoms with van der Waals surface area (Å²) in [5.41, 5.74) is 0.522. The minimum absolute atomic E-state index is 0.0119. The first kappa shape index (κ1) is 14.0. The van der Waals surface area contributed by atoms with Gasteiger partial charge in [0.05, 0.1) is 20.8 Å². The van der Waals surface area contributed by atoms with E-state index in [9.17, 15) is 4.79 Å². The van der Waals surface area contributed by atoms with Gasteiger partial charge in [0, 0.05) is 6.42 Å². The molecule has 0 aliphatic heterocycles. The second kappa shape index (κ2) is 6.14. The zero-order valence-corrected chi connectivity index (χ0v) is 12.1. The van der Waals surface area contributed by atoms with Gasteiger partial charge in [0.15, 0.2) is 0 Å². The molecule has 0 aromatic heterocycles.